The lowest BCUT2D eigenvalue weighted by molar-refractivity contribution is -0.143. The fourth-order valence-electron chi connectivity index (χ4n) is 3.26. The number of likely N-dealkylation sites (tertiary alicyclic amines) is 2. The average molecular weight is 293 g/mol. The first-order chi connectivity index (χ1) is 9.98. The molecule has 2 saturated heterocycles. The van der Waals surface area contributed by atoms with Gasteiger partial charge in [0.2, 0.25) is 17.7 Å². The van der Waals surface area contributed by atoms with E-state index in [1.54, 1.807) is 11.0 Å². The van der Waals surface area contributed by atoms with Crippen LogP contribution in [-0.2, 0) is 14.4 Å². The molecule has 0 aliphatic carbocycles. The molecule has 1 spiro atoms. The molecular weight excluding hydrogens is 270 g/mol. The van der Waals surface area contributed by atoms with E-state index in [0.29, 0.717) is 19.6 Å². The predicted molar refractivity (Wildman–Crippen MR) is 78.3 cm³/mol. The van der Waals surface area contributed by atoms with Crippen LogP contribution >= 0.6 is 0 Å². The molecule has 0 aromatic rings. The van der Waals surface area contributed by atoms with E-state index in [-0.39, 0.29) is 24.3 Å². The molecule has 0 bridgehead atoms. The van der Waals surface area contributed by atoms with Crippen molar-refractivity contribution in [3.8, 4) is 0 Å². The Bertz CT molecular complexity index is 463. The van der Waals surface area contributed by atoms with Gasteiger partial charge in [-0.05, 0) is 19.3 Å². The fourth-order valence-corrected chi connectivity index (χ4v) is 3.26. The first-order valence-corrected chi connectivity index (χ1v) is 7.41. The molecule has 6 nitrogen and oxygen atoms in total. The molecule has 2 aliphatic heterocycles. The summed E-state index contributed by atoms with van der Waals surface area (Å²) in [4.78, 5) is 39.1. The van der Waals surface area contributed by atoms with E-state index in [2.05, 4.69) is 11.9 Å². The van der Waals surface area contributed by atoms with E-state index in [1.807, 2.05) is 4.90 Å². The fraction of sp³-hybridized carbons (Fsp3) is 0.667. The van der Waals surface area contributed by atoms with Crippen LogP contribution in [0.3, 0.4) is 0 Å². The van der Waals surface area contributed by atoms with Crippen LogP contribution in [0.4, 0.5) is 0 Å². The van der Waals surface area contributed by atoms with Gasteiger partial charge in [0.25, 0.3) is 0 Å². The summed E-state index contributed by atoms with van der Waals surface area (Å²) in [5, 5.41) is 2.52. The molecule has 1 N–H and O–H groups in total. The maximum Gasteiger partial charge on any atom is 0.241 e. The van der Waals surface area contributed by atoms with Crippen molar-refractivity contribution in [1.29, 1.82) is 0 Å². The van der Waals surface area contributed by atoms with Gasteiger partial charge in [-0.25, -0.2) is 0 Å². The van der Waals surface area contributed by atoms with Gasteiger partial charge in [0.05, 0.1) is 12.0 Å². The third-order valence-electron chi connectivity index (χ3n) is 4.37. The van der Waals surface area contributed by atoms with Gasteiger partial charge < -0.3 is 15.1 Å². The summed E-state index contributed by atoms with van der Waals surface area (Å²) >= 11 is 0. The first-order valence-electron chi connectivity index (χ1n) is 7.41. The molecule has 3 amide bonds. The predicted octanol–water partition coefficient (Wildman–Crippen LogP) is 0.150. The minimum absolute atomic E-state index is 0.00990. The lowest BCUT2D eigenvalue weighted by Crippen LogP contribution is -2.51. The van der Waals surface area contributed by atoms with E-state index in [0.717, 1.165) is 25.8 Å². The highest BCUT2D eigenvalue weighted by Gasteiger charge is 2.49. The summed E-state index contributed by atoms with van der Waals surface area (Å²) in [5.74, 6) is -0.192. The second-order valence-electron chi connectivity index (χ2n) is 5.90. The summed E-state index contributed by atoms with van der Waals surface area (Å²) in [7, 11) is 0. The van der Waals surface area contributed by atoms with Crippen LogP contribution < -0.4 is 5.32 Å². The Balaban J connectivity index is 2.00. The van der Waals surface area contributed by atoms with Crippen LogP contribution in [0, 0.1) is 5.41 Å². The van der Waals surface area contributed by atoms with Gasteiger partial charge in [-0.1, -0.05) is 6.08 Å². The van der Waals surface area contributed by atoms with Gasteiger partial charge in [-0.15, -0.1) is 6.58 Å². The number of nitrogens with zero attached hydrogens (tertiary/aromatic N) is 2. The molecule has 2 rings (SSSR count). The van der Waals surface area contributed by atoms with Gasteiger partial charge in [0.15, 0.2) is 0 Å². The second-order valence-corrected chi connectivity index (χ2v) is 5.90. The molecule has 0 unspecified atom stereocenters. The second kappa shape index (κ2) is 6.28. The summed E-state index contributed by atoms with van der Waals surface area (Å²) in [6, 6.07) is 0. The lowest BCUT2D eigenvalue weighted by atomic mass is 9.78. The van der Waals surface area contributed by atoms with E-state index in [1.165, 1.54) is 6.92 Å². The Labute approximate surface area is 125 Å². The van der Waals surface area contributed by atoms with E-state index in [9.17, 15) is 14.4 Å². The SMILES string of the molecule is C=CCN1CC[C@]2(CCCN(C(=O)CNC(C)=O)C2)C1=O. The van der Waals surface area contributed by atoms with E-state index >= 15 is 0 Å². The van der Waals surface area contributed by atoms with Crippen molar-refractivity contribution < 1.29 is 14.4 Å². The van der Waals surface area contributed by atoms with E-state index < -0.39 is 5.41 Å². The zero-order valence-corrected chi connectivity index (χ0v) is 12.6. The largest absolute Gasteiger partial charge is 0.347 e. The third-order valence-corrected chi connectivity index (χ3v) is 4.37. The number of piperidine rings is 1. The number of carbonyl (C=O) groups excluding carboxylic acids is 3. The highest BCUT2D eigenvalue weighted by molar-refractivity contribution is 5.88. The molecule has 2 aliphatic rings. The standard InChI is InChI=1S/C15H23N3O3/c1-3-7-17-9-6-15(14(17)21)5-4-8-18(11-15)13(20)10-16-12(2)19/h3H,1,4-11H2,2H3,(H,16,19)/t15-/m0/s1. The van der Waals surface area contributed by atoms with Crippen LogP contribution in [0.15, 0.2) is 12.7 Å². The molecule has 6 heteroatoms. The molecule has 0 saturated carbocycles. The van der Waals surface area contributed by atoms with Crippen molar-refractivity contribution in [2.45, 2.75) is 26.2 Å². The summed E-state index contributed by atoms with van der Waals surface area (Å²) in [6.07, 6.45) is 4.20. The van der Waals surface area contributed by atoms with Crippen molar-refractivity contribution in [1.82, 2.24) is 15.1 Å². The smallest absolute Gasteiger partial charge is 0.241 e. The zero-order valence-electron chi connectivity index (χ0n) is 12.6. The Hall–Kier alpha value is -1.85. The monoisotopic (exact) mass is 293 g/mol. The van der Waals surface area contributed by atoms with Crippen LogP contribution in [-0.4, -0.2) is 60.2 Å². The molecule has 2 fully saturated rings. The van der Waals surface area contributed by atoms with Gasteiger partial charge in [0, 0.05) is 33.1 Å². The van der Waals surface area contributed by atoms with Gasteiger partial charge in [-0.2, -0.15) is 0 Å². The lowest BCUT2D eigenvalue weighted by Gasteiger charge is -2.39. The van der Waals surface area contributed by atoms with Crippen LogP contribution in [0.25, 0.3) is 0 Å². The summed E-state index contributed by atoms with van der Waals surface area (Å²) in [5.41, 5.74) is -0.423. The summed E-state index contributed by atoms with van der Waals surface area (Å²) < 4.78 is 0. The summed E-state index contributed by atoms with van der Waals surface area (Å²) in [6.45, 7) is 7.51. The minimum atomic E-state index is -0.423. The van der Waals surface area contributed by atoms with Crippen molar-refractivity contribution in [2.75, 3.05) is 32.7 Å². The highest BCUT2D eigenvalue weighted by Crippen LogP contribution is 2.40. The van der Waals surface area contributed by atoms with Gasteiger partial charge in [-0.3, -0.25) is 14.4 Å². The number of nitrogens with one attached hydrogen (secondary N) is 1. The number of carbonyl (C=O) groups is 3. The Kier molecular flexibility index (Phi) is 4.65. The molecule has 2 heterocycles. The number of hydrogen-bond donors (Lipinski definition) is 1. The Morgan fingerprint density at radius 1 is 1.38 bits per heavy atom. The minimum Gasteiger partial charge on any atom is -0.347 e. The van der Waals surface area contributed by atoms with Crippen molar-refractivity contribution >= 4 is 17.7 Å². The Morgan fingerprint density at radius 2 is 2.14 bits per heavy atom. The maximum absolute atomic E-state index is 12.6. The topological polar surface area (TPSA) is 69.7 Å². The van der Waals surface area contributed by atoms with Crippen molar-refractivity contribution in [2.24, 2.45) is 5.41 Å². The van der Waals surface area contributed by atoms with Crippen molar-refractivity contribution in [3.63, 3.8) is 0 Å². The third kappa shape index (κ3) is 3.25. The quantitative estimate of drug-likeness (QED) is 0.750. The molecule has 0 aromatic carbocycles. The van der Waals surface area contributed by atoms with Crippen LogP contribution in [0.1, 0.15) is 26.2 Å². The molecule has 1 atom stereocenters. The number of rotatable bonds is 4. The number of hydrogen-bond acceptors (Lipinski definition) is 3. The normalized spacial score (nSPS) is 25.3. The molecule has 0 aromatic heterocycles. The Morgan fingerprint density at radius 3 is 2.81 bits per heavy atom. The highest BCUT2D eigenvalue weighted by atomic mass is 16.2. The maximum atomic E-state index is 12.6. The first kappa shape index (κ1) is 15.5. The van der Waals surface area contributed by atoms with Crippen LogP contribution in [0.2, 0.25) is 0 Å². The van der Waals surface area contributed by atoms with Gasteiger partial charge >= 0.3 is 0 Å². The van der Waals surface area contributed by atoms with E-state index in [4.69, 9.17) is 0 Å². The molecular formula is C15H23N3O3. The average Bonchev–Trinajstić information content (AvgIpc) is 2.75. The van der Waals surface area contributed by atoms with Crippen molar-refractivity contribution in [3.05, 3.63) is 12.7 Å². The van der Waals surface area contributed by atoms with Crippen LogP contribution in [0.5, 0.6) is 0 Å². The zero-order chi connectivity index (χ0) is 15.5. The molecule has 116 valence electrons. The molecule has 0 radical (unpaired) electrons. The van der Waals surface area contributed by atoms with Gasteiger partial charge in [0.1, 0.15) is 0 Å². The molecule has 21 heavy (non-hydrogen) atoms. The number of amides is 3.